The molecule has 0 aromatic heterocycles. The predicted molar refractivity (Wildman–Crippen MR) is 180 cm³/mol. The number of hydrogen-bond acceptors (Lipinski definition) is 6. The van der Waals surface area contributed by atoms with Gasteiger partial charge in [-0.05, 0) is 97.0 Å². The number of amides is 2. The molecule has 240 valence electrons. The summed E-state index contributed by atoms with van der Waals surface area (Å²) >= 11 is 0. The van der Waals surface area contributed by atoms with Crippen LogP contribution in [0.15, 0.2) is 84.9 Å². The van der Waals surface area contributed by atoms with Crippen LogP contribution < -0.4 is 25.3 Å². The quantitative estimate of drug-likeness (QED) is 0.277. The Morgan fingerprint density at radius 2 is 1.78 bits per heavy atom. The summed E-state index contributed by atoms with van der Waals surface area (Å²) in [4.78, 5) is 28.7. The molecule has 1 unspecified atom stereocenters. The third kappa shape index (κ3) is 7.63. The van der Waals surface area contributed by atoms with Crippen molar-refractivity contribution in [2.45, 2.75) is 38.6 Å². The van der Waals surface area contributed by atoms with Crippen molar-refractivity contribution < 1.29 is 23.8 Å². The number of carbonyl (C=O) groups is 2. The summed E-state index contributed by atoms with van der Waals surface area (Å²) in [6.07, 6.45) is 2.44. The van der Waals surface area contributed by atoms with Crippen molar-refractivity contribution in [3.63, 3.8) is 0 Å². The summed E-state index contributed by atoms with van der Waals surface area (Å²) in [5.41, 5.74) is 11.4. The zero-order valence-corrected chi connectivity index (χ0v) is 26.8. The molecule has 0 radical (unpaired) electrons. The Hall–Kier alpha value is -4.53. The van der Waals surface area contributed by atoms with Gasteiger partial charge in [0.15, 0.2) is 0 Å². The van der Waals surface area contributed by atoms with Crippen LogP contribution >= 0.6 is 12.4 Å². The van der Waals surface area contributed by atoms with Gasteiger partial charge >= 0.3 is 0 Å². The molecule has 0 saturated carbocycles. The van der Waals surface area contributed by atoms with Crippen LogP contribution in [0.3, 0.4) is 0 Å². The van der Waals surface area contributed by atoms with Gasteiger partial charge in [0.2, 0.25) is 5.91 Å². The Labute approximate surface area is 276 Å². The largest absolute Gasteiger partial charge is 0.494 e. The minimum atomic E-state index is -0.352. The number of benzene rings is 4. The van der Waals surface area contributed by atoms with Gasteiger partial charge in [-0.15, -0.1) is 12.4 Å². The molecule has 1 atom stereocenters. The van der Waals surface area contributed by atoms with Gasteiger partial charge in [-0.2, -0.15) is 0 Å². The molecule has 8 bridgehead atoms. The molecule has 5 aliphatic rings. The second kappa shape index (κ2) is 15.2. The summed E-state index contributed by atoms with van der Waals surface area (Å²) in [5, 5.41) is 2.99. The maximum Gasteiger partial charge on any atom is 0.258 e. The lowest BCUT2D eigenvalue weighted by atomic mass is 9.87. The van der Waals surface area contributed by atoms with Crippen molar-refractivity contribution in [3.05, 3.63) is 118 Å². The molecule has 3 N–H and O–H groups in total. The molecule has 4 aromatic rings. The van der Waals surface area contributed by atoms with Crippen LogP contribution in [0.2, 0.25) is 0 Å². The highest BCUT2D eigenvalue weighted by Crippen LogP contribution is 2.40. The molecule has 9 rings (SSSR count). The van der Waals surface area contributed by atoms with Crippen LogP contribution in [-0.2, 0) is 17.6 Å². The Morgan fingerprint density at radius 3 is 2.61 bits per heavy atom. The normalized spacial score (nSPS) is 16.3. The highest BCUT2D eigenvalue weighted by atomic mass is 35.5. The molecule has 4 aromatic carbocycles. The summed E-state index contributed by atoms with van der Waals surface area (Å²) < 4.78 is 18.3. The molecule has 0 fully saturated rings. The van der Waals surface area contributed by atoms with Gasteiger partial charge in [0, 0.05) is 26.1 Å². The van der Waals surface area contributed by atoms with Crippen molar-refractivity contribution in [2.75, 3.05) is 32.8 Å². The summed E-state index contributed by atoms with van der Waals surface area (Å²) in [7, 11) is 0. The van der Waals surface area contributed by atoms with Gasteiger partial charge in [-0.25, -0.2) is 0 Å². The van der Waals surface area contributed by atoms with E-state index in [2.05, 4.69) is 17.4 Å². The van der Waals surface area contributed by atoms with E-state index in [0.717, 1.165) is 39.3 Å². The Balaban J connectivity index is 0.00000417. The molecule has 0 spiro atoms. The number of nitrogens with zero attached hydrogens (tertiary/aromatic N) is 1. The van der Waals surface area contributed by atoms with Gasteiger partial charge in [0.25, 0.3) is 5.91 Å². The van der Waals surface area contributed by atoms with Crippen LogP contribution in [-0.4, -0.2) is 49.6 Å². The smallest absolute Gasteiger partial charge is 0.258 e. The SMILES string of the molecule is Cc1ccc(OCCN)c(C(=O)N2CCc3cc4ccc3C2c2cccc(c2)OCCCNC(=O)CCc2ccc(cc2)O4)c1.Cl. The first-order chi connectivity index (χ1) is 22.0. The molecule has 9 heteroatoms. The van der Waals surface area contributed by atoms with Crippen LogP contribution in [0, 0.1) is 6.92 Å². The maximum absolute atomic E-state index is 14.4. The van der Waals surface area contributed by atoms with Gasteiger partial charge in [-0.3, -0.25) is 9.59 Å². The maximum atomic E-state index is 14.4. The Kier molecular flexibility index (Phi) is 10.8. The van der Waals surface area contributed by atoms with E-state index in [9.17, 15) is 9.59 Å². The van der Waals surface area contributed by atoms with E-state index in [0.29, 0.717) is 75.6 Å². The highest BCUT2D eigenvalue weighted by Gasteiger charge is 2.34. The number of hydrogen-bond donors (Lipinski definition) is 2. The number of nitrogens with two attached hydrogens (primary N) is 1. The Bertz CT molecular complexity index is 1680. The van der Waals surface area contributed by atoms with E-state index in [1.54, 1.807) is 0 Å². The van der Waals surface area contributed by atoms with E-state index >= 15 is 0 Å². The van der Waals surface area contributed by atoms with Gasteiger partial charge in [-0.1, -0.05) is 42.0 Å². The number of halogens is 1. The molecule has 2 amide bonds. The summed E-state index contributed by atoms with van der Waals surface area (Å²) in [6.45, 7) is 4.17. The van der Waals surface area contributed by atoms with E-state index in [1.165, 1.54) is 0 Å². The third-order valence-corrected chi connectivity index (χ3v) is 8.23. The molecule has 46 heavy (non-hydrogen) atoms. The minimum Gasteiger partial charge on any atom is -0.494 e. The lowest BCUT2D eigenvalue weighted by molar-refractivity contribution is -0.121. The van der Waals surface area contributed by atoms with E-state index < -0.39 is 0 Å². The van der Waals surface area contributed by atoms with Crippen LogP contribution in [0.5, 0.6) is 23.0 Å². The number of aryl methyl sites for hydroxylation is 2. The van der Waals surface area contributed by atoms with E-state index in [1.807, 2.05) is 84.6 Å². The number of rotatable bonds is 4. The van der Waals surface area contributed by atoms with Crippen molar-refractivity contribution in [1.29, 1.82) is 0 Å². The predicted octanol–water partition coefficient (Wildman–Crippen LogP) is 6.17. The van der Waals surface area contributed by atoms with Crippen molar-refractivity contribution in [1.82, 2.24) is 10.2 Å². The monoisotopic (exact) mass is 641 g/mol. The third-order valence-electron chi connectivity index (χ3n) is 8.23. The van der Waals surface area contributed by atoms with Gasteiger partial charge in [0.05, 0.1) is 18.2 Å². The lowest BCUT2D eigenvalue weighted by Gasteiger charge is -2.38. The topological polar surface area (TPSA) is 103 Å². The number of ether oxygens (including phenoxy) is 3. The van der Waals surface area contributed by atoms with Gasteiger partial charge in [0.1, 0.15) is 29.6 Å². The van der Waals surface area contributed by atoms with Crippen molar-refractivity contribution in [3.8, 4) is 23.0 Å². The fourth-order valence-electron chi connectivity index (χ4n) is 5.98. The second-order valence-corrected chi connectivity index (χ2v) is 11.5. The fraction of sp³-hybridized carbons (Fsp3) is 0.297. The zero-order valence-electron chi connectivity index (χ0n) is 26.0. The molecule has 8 nitrogen and oxygen atoms in total. The average molecular weight is 642 g/mol. The minimum absolute atomic E-state index is 0. The summed E-state index contributed by atoms with van der Waals surface area (Å²) in [6, 6.07) is 27.2. The van der Waals surface area contributed by atoms with Crippen molar-refractivity contribution in [2.24, 2.45) is 5.73 Å². The average Bonchev–Trinajstić information content (AvgIpc) is 3.06. The standard InChI is InChI=1S/C37H39N3O5.ClH/c1-25-6-14-34(44-21-17-38)33(22-25)37(42)40-19-16-27-23-31-12-13-32(27)36(40)28-4-2-5-30(24-28)43-20-3-18-39-35(41)15-9-26-7-10-29(45-31)11-8-26;/h2,4-8,10-14,22-24,36H,3,9,15-21,38H2,1H3,(H,39,41);1H. The van der Waals surface area contributed by atoms with Crippen molar-refractivity contribution >= 4 is 24.2 Å². The van der Waals surface area contributed by atoms with E-state index in [4.69, 9.17) is 19.9 Å². The molecule has 5 aliphatic heterocycles. The number of carbonyl (C=O) groups excluding carboxylic acids is 2. The van der Waals surface area contributed by atoms with Gasteiger partial charge < -0.3 is 30.2 Å². The second-order valence-electron chi connectivity index (χ2n) is 11.5. The number of nitrogens with one attached hydrogen (secondary N) is 1. The van der Waals surface area contributed by atoms with E-state index in [-0.39, 0.29) is 30.3 Å². The fourth-order valence-corrected chi connectivity index (χ4v) is 5.98. The summed E-state index contributed by atoms with van der Waals surface area (Å²) in [5.74, 6) is 2.63. The first kappa shape index (κ1) is 32.9. The molecule has 0 saturated heterocycles. The molecular weight excluding hydrogens is 602 g/mol. The zero-order chi connectivity index (χ0) is 31.2. The molecular formula is C37H40ClN3O5. The van der Waals surface area contributed by atoms with Crippen LogP contribution in [0.25, 0.3) is 0 Å². The molecule has 5 heterocycles. The van der Waals surface area contributed by atoms with Crippen LogP contribution in [0.1, 0.15) is 57.1 Å². The first-order valence-corrected chi connectivity index (χ1v) is 15.6. The lowest BCUT2D eigenvalue weighted by Crippen LogP contribution is -2.40. The first-order valence-electron chi connectivity index (χ1n) is 15.6. The molecule has 0 aliphatic carbocycles. The van der Waals surface area contributed by atoms with Crippen LogP contribution in [0.4, 0.5) is 0 Å². The Morgan fingerprint density at radius 1 is 0.957 bits per heavy atom. The highest BCUT2D eigenvalue weighted by molar-refractivity contribution is 5.98.